The molecule has 1 aliphatic heterocycles. The van der Waals surface area contributed by atoms with Gasteiger partial charge in [-0.05, 0) is 80.0 Å². The summed E-state index contributed by atoms with van der Waals surface area (Å²) in [5.41, 5.74) is 7.45. The van der Waals surface area contributed by atoms with E-state index < -0.39 is 10.0 Å². The van der Waals surface area contributed by atoms with Crippen molar-refractivity contribution < 1.29 is 8.42 Å². The van der Waals surface area contributed by atoms with E-state index in [1.165, 1.54) is 5.56 Å². The lowest BCUT2D eigenvalue weighted by Gasteiger charge is -2.31. The van der Waals surface area contributed by atoms with E-state index >= 15 is 0 Å². The molecule has 4 heteroatoms. The third kappa shape index (κ3) is 5.10. The molecular formula is C32H33NO2S. The molecule has 1 atom stereocenters. The van der Waals surface area contributed by atoms with Crippen LogP contribution in [0.1, 0.15) is 53.9 Å². The maximum absolute atomic E-state index is 14.2. The predicted molar refractivity (Wildman–Crippen MR) is 148 cm³/mol. The summed E-state index contributed by atoms with van der Waals surface area (Å²) >= 11 is 0. The number of benzene rings is 3. The zero-order chi connectivity index (χ0) is 25.1. The number of allylic oxidation sites excluding steroid dienone is 4. The fourth-order valence-corrected chi connectivity index (χ4v) is 6.55. The Morgan fingerprint density at radius 2 is 1.47 bits per heavy atom. The summed E-state index contributed by atoms with van der Waals surface area (Å²) in [6.07, 6.45) is 10.7. The molecule has 0 fully saturated rings. The first-order valence-corrected chi connectivity index (χ1v) is 14.2. The van der Waals surface area contributed by atoms with Crippen LogP contribution >= 0.6 is 0 Å². The van der Waals surface area contributed by atoms with Gasteiger partial charge in [0, 0.05) is 12.5 Å². The second-order valence-corrected chi connectivity index (χ2v) is 11.7. The number of aryl methyl sites for hydroxylation is 2. The van der Waals surface area contributed by atoms with Crippen LogP contribution in [-0.4, -0.2) is 19.3 Å². The van der Waals surface area contributed by atoms with Crippen LogP contribution in [0.3, 0.4) is 0 Å². The van der Waals surface area contributed by atoms with Gasteiger partial charge in [-0.15, -0.1) is 0 Å². The minimum atomic E-state index is -3.76. The highest BCUT2D eigenvalue weighted by atomic mass is 32.2. The van der Waals surface area contributed by atoms with Crippen LogP contribution < -0.4 is 0 Å². The first kappa shape index (κ1) is 24.3. The fourth-order valence-electron chi connectivity index (χ4n) is 5.03. The van der Waals surface area contributed by atoms with Crippen molar-refractivity contribution in [2.24, 2.45) is 0 Å². The van der Waals surface area contributed by atoms with Gasteiger partial charge in [0.05, 0.1) is 10.6 Å². The topological polar surface area (TPSA) is 37.4 Å². The van der Waals surface area contributed by atoms with E-state index in [4.69, 9.17) is 0 Å². The van der Waals surface area contributed by atoms with Gasteiger partial charge in [0.2, 0.25) is 0 Å². The highest BCUT2D eigenvalue weighted by Crippen LogP contribution is 2.38. The molecule has 0 saturated carbocycles. The van der Waals surface area contributed by atoms with Crippen LogP contribution in [0.15, 0.2) is 113 Å². The average molecular weight is 496 g/mol. The molecule has 3 aromatic rings. The summed E-state index contributed by atoms with van der Waals surface area (Å²) in [5.74, 6) is -0.0827. The van der Waals surface area contributed by atoms with Crippen LogP contribution in [0.2, 0.25) is 0 Å². The second kappa shape index (κ2) is 10.3. The molecular weight excluding hydrogens is 462 g/mol. The molecule has 2 aliphatic rings. The molecule has 1 aliphatic carbocycles. The Labute approximate surface area is 215 Å². The maximum Gasteiger partial charge on any atom is 0.264 e. The second-order valence-electron chi connectivity index (χ2n) is 9.86. The van der Waals surface area contributed by atoms with E-state index in [0.29, 0.717) is 11.4 Å². The van der Waals surface area contributed by atoms with E-state index in [2.05, 4.69) is 61.5 Å². The first-order chi connectivity index (χ1) is 17.4. The number of rotatable bonds is 5. The van der Waals surface area contributed by atoms with Crippen LogP contribution in [0.4, 0.5) is 0 Å². The van der Waals surface area contributed by atoms with E-state index in [9.17, 15) is 8.42 Å². The SMILES string of the molecule is Cc1ccc(C2=CC(c3ccccc3)CN(S(=O)(=O)c3ccc(C)cc3)C(C3=CCCCC3)=C2)cc1. The zero-order valence-corrected chi connectivity index (χ0v) is 21.8. The van der Waals surface area contributed by atoms with Crippen molar-refractivity contribution in [2.45, 2.75) is 50.3 Å². The Balaban J connectivity index is 1.70. The molecule has 0 amide bonds. The summed E-state index contributed by atoms with van der Waals surface area (Å²) in [6.45, 7) is 4.42. The van der Waals surface area contributed by atoms with Crippen LogP contribution in [0.5, 0.6) is 0 Å². The van der Waals surface area contributed by atoms with Gasteiger partial charge < -0.3 is 0 Å². The molecule has 3 aromatic carbocycles. The van der Waals surface area contributed by atoms with Gasteiger partial charge in [0.25, 0.3) is 10.0 Å². The quantitative estimate of drug-likeness (QED) is 0.366. The summed E-state index contributed by atoms with van der Waals surface area (Å²) in [5, 5.41) is 0. The molecule has 0 aromatic heterocycles. The monoisotopic (exact) mass is 495 g/mol. The normalized spacial score (nSPS) is 18.7. The van der Waals surface area contributed by atoms with Crippen molar-refractivity contribution in [3.63, 3.8) is 0 Å². The van der Waals surface area contributed by atoms with Gasteiger partial charge in [0.1, 0.15) is 0 Å². The van der Waals surface area contributed by atoms with Crippen molar-refractivity contribution in [2.75, 3.05) is 6.54 Å². The van der Waals surface area contributed by atoms with Gasteiger partial charge >= 0.3 is 0 Å². The lowest BCUT2D eigenvalue weighted by atomic mass is 9.93. The average Bonchev–Trinajstić information content (AvgIpc) is 3.12. The standard InChI is InChI=1S/C32H33NO2S/c1-24-13-17-27(18-14-24)29-21-30(26-9-5-3-6-10-26)23-33(32(22-29)28-11-7-4-8-12-28)36(34,35)31-19-15-25(2)16-20-31/h3,5-6,9-11,13-22,30H,4,7-8,12,23H2,1-2H3. The van der Waals surface area contributed by atoms with Crippen LogP contribution in [0, 0.1) is 13.8 Å². The number of hydrogen-bond acceptors (Lipinski definition) is 2. The number of sulfonamides is 1. The Bertz CT molecular complexity index is 1410. The van der Waals surface area contributed by atoms with E-state index in [1.54, 1.807) is 16.4 Å². The number of nitrogens with zero attached hydrogens (tertiary/aromatic N) is 1. The molecule has 0 spiro atoms. The van der Waals surface area contributed by atoms with Gasteiger partial charge in [-0.25, -0.2) is 8.42 Å². The minimum Gasteiger partial charge on any atom is -0.265 e. The third-order valence-corrected chi connectivity index (χ3v) is 8.94. The van der Waals surface area contributed by atoms with E-state index in [0.717, 1.165) is 59.2 Å². The Morgan fingerprint density at radius 3 is 2.11 bits per heavy atom. The van der Waals surface area contributed by atoms with E-state index in [-0.39, 0.29) is 5.92 Å². The summed E-state index contributed by atoms with van der Waals surface area (Å²) in [7, 11) is -3.76. The predicted octanol–water partition coefficient (Wildman–Crippen LogP) is 7.56. The highest BCUT2D eigenvalue weighted by Gasteiger charge is 2.33. The molecule has 0 radical (unpaired) electrons. The fraction of sp³-hybridized carbons (Fsp3) is 0.250. The first-order valence-electron chi connectivity index (χ1n) is 12.8. The van der Waals surface area contributed by atoms with Crippen molar-refractivity contribution in [3.8, 4) is 0 Å². The van der Waals surface area contributed by atoms with Crippen LogP contribution in [-0.2, 0) is 10.0 Å². The Morgan fingerprint density at radius 1 is 0.806 bits per heavy atom. The molecule has 1 unspecified atom stereocenters. The molecule has 0 saturated heterocycles. The molecule has 36 heavy (non-hydrogen) atoms. The number of hydrogen-bond donors (Lipinski definition) is 0. The molecule has 1 heterocycles. The Hall–Kier alpha value is -3.37. The third-order valence-electron chi connectivity index (χ3n) is 7.15. The van der Waals surface area contributed by atoms with Gasteiger partial charge in [-0.2, -0.15) is 0 Å². The molecule has 3 nitrogen and oxygen atoms in total. The summed E-state index contributed by atoms with van der Waals surface area (Å²) < 4.78 is 30.1. The zero-order valence-electron chi connectivity index (χ0n) is 21.0. The molecule has 184 valence electrons. The van der Waals surface area contributed by atoms with Gasteiger partial charge in [0.15, 0.2) is 0 Å². The largest absolute Gasteiger partial charge is 0.265 e. The smallest absolute Gasteiger partial charge is 0.264 e. The van der Waals surface area contributed by atoms with Crippen LogP contribution in [0.25, 0.3) is 5.57 Å². The lowest BCUT2D eigenvalue weighted by molar-refractivity contribution is 0.465. The van der Waals surface area contributed by atoms with Gasteiger partial charge in [-0.3, -0.25) is 4.31 Å². The van der Waals surface area contributed by atoms with Crippen molar-refractivity contribution >= 4 is 15.6 Å². The molecule has 0 N–H and O–H groups in total. The van der Waals surface area contributed by atoms with Gasteiger partial charge in [-0.1, -0.05) is 90.0 Å². The Kier molecular flexibility index (Phi) is 6.97. The van der Waals surface area contributed by atoms with E-state index in [1.807, 2.05) is 37.3 Å². The molecule has 5 rings (SSSR count). The molecule has 0 bridgehead atoms. The van der Waals surface area contributed by atoms with Crippen molar-refractivity contribution in [3.05, 3.63) is 131 Å². The minimum absolute atomic E-state index is 0.0827. The van der Waals surface area contributed by atoms with Crippen molar-refractivity contribution in [1.29, 1.82) is 0 Å². The summed E-state index contributed by atoms with van der Waals surface area (Å²) in [4.78, 5) is 0.334. The summed E-state index contributed by atoms with van der Waals surface area (Å²) in [6, 6.07) is 26.0. The maximum atomic E-state index is 14.2. The van der Waals surface area contributed by atoms with Crippen molar-refractivity contribution in [1.82, 2.24) is 4.31 Å². The lowest BCUT2D eigenvalue weighted by Crippen LogP contribution is -2.34. The highest BCUT2D eigenvalue weighted by molar-refractivity contribution is 7.89.